The van der Waals surface area contributed by atoms with Gasteiger partial charge in [-0.2, -0.15) is 0 Å². The molecule has 0 aromatic heterocycles. The average Bonchev–Trinajstić information content (AvgIpc) is 2.88. The number of hydrogen-bond acceptors (Lipinski definition) is 3. The van der Waals surface area contributed by atoms with Gasteiger partial charge in [-0.05, 0) is 31.6 Å². The summed E-state index contributed by atoms with van der Waals surface area (Å²) in [5, 5.41) is 19.7. The van der Waals surface area contributed by atoms with Crippen LogP contribution in [0.3, 0.4) is 0 Å². The van der Waals surface area contributed by atoms with E-state index < -0.39 is 17.7 Å². The molecule has 2 bridgehead atoms. The Kier molecular flexibility index (Phi) is 2.99. The van der Waals surface area contributed by atoms with Crippen molar-refractivity contribution in [2.24, 2.45) is 11.3 Å². The van der Waals surface area contributed by atoms with E-state index in [1.54, 1.807) is 0 Å². The molecule has 1 saturated carbocycles. The van der Waals surface area contributed by atoms with E-state index in [0.29, 0.717) is 25.4 Å². The Balaban J connectivity index is 1.95. The molecule has 3 rings (SSSR count). The third kappa shape index (κ3) is 1.59. The Morgan fingerprint density at radius 1 is 1.61 bits per heavy atom. The molecule has 1 spiro atoms. The molecule has 4 nitrogen and oxygen atoms in total. The first-order valence-electron chi connectivity index (χ1n) is 6.34. The summed E-state index contributed by atoms with van der Waals surface area (Å²) in [7, 11) is 0. The third-order valence-corrected chi connectivity index (χ3v) is 5.87. The third-order valence-electron chi connectivity index (χ3n) is 4.99. The molecule has 4 atom stereocenters. The average molecular weight is 364 g/mol. The van der Waals surface area contributed by atoms with E-state index in [1.807, 2.05) is 0 Å². The molecule has 2 fully saturated rings. The SMILES string of the molecule is O=C(O)[C@@]1(O)CC[C@H]2C(CI)=CC[C@@]23CO[C@H]1C3. The van der Waals surface area contributed by atoms with Crippen molar-refractivity contribution >= 4 is 28.6 Å². The zero-order valence-corrected chi connectivity index (χ0v) is 12.2. The van der Waals surface area contributed by atoms with Crippen LogP contribution in [0.2, 0.25) is 0 Å². The zero-order chi connectivity index (χ0) is 13.0. The molecule has 0 radical (unpaired) electrons. The van der Waals surface area contributed by atoms with E-state index in [9.17, 15) is 15.0 Å². The lowest BCUT2D eigenvalue weighted by atomic mass is 9.73. The fraction of sp³-hybridized carbons (Fsp3) is 0.769. The van der Waals surface area contributed by atoms with Gasteiger partial charge in [0, 0.05) is 9.84 Å². The molecule has 5 heteroatoms. The highest BCUT2D eigenvalue weighted by Crippen LogP contribution is 2.57. The second kappa shape index (κ2) is 4.18. The standard InChI is InChI=1S/C13H17IO4/c14-6-8-1-3-12-5-10(18-7-12)13(17,11(15)16)4-2-9(8)12/h1,9-10,17H,2-7H2,(H,15,16)/t9-,10-,12+,13+/m0/s1. The number of carboxylic acids is 1. The van der Waals surface area contributed by atoms with E-state index in [0.717, 1.165) is 17.3 Å². The monoisotopic (exact) mass is 364 g/mol. The smallest absolute Gasteiger partial charge is 0.338 e. The van der Waals surface area contributed by atoms with Gasteiger partial charge < -0.3 is 14.9 Å². The summed E-state index contributed by atoms with van der Waals surface area (Å²) in [5.41, 5.74) is -0.218. The highest BCUT2D eigenvalue weighted by Gasteiger charge is 2.59. The molecule has 2 N–H and O–H groups in total. The van der Waals surface area contributed by atoms with Crippen LogP contribution in [-0.4, -0.2) is 38.9 Å². The maximum absolute atomic E-state index is 11.3. The number of allylic oxidation sites excluding steroid dienone is 2. The minimum absolute atomic E-state index is 0.0606. The first kappa shape index (κ1) is 12.9. The van der Waals surface area contributed by atoms with Crippen LogP contribution in [-0.2, 0) is 9.53 Å². The minimum atomic E-state index is -1.69. The maximum atomic E-state index is 11.3. The molecule has 18 heavy (non-hydrogen) atoms. The molecule has 100 valence electrons. The highest BCUT2D eigenvalue weighted by atomic mass is 127. The van der Waals surface area contributed by atoms with Crippen molar-refractivity contribution in [2.75, 3.05) is 11.0 Å². The quantitative estimate of drug-likeness (QED) is 0.445. The number of aliphatic carboxylic acids is 1. The summed E-state index contributed by atoms with van der Waals surface area (Å²) < 4.78 is 6.65. The second-order valence-corrected chi connectivity index (χ2v) is 6.57. The lowest BCUT2D eigenvalue weighted by Crippen LogP contribution is -2.49. The molecular weight excluding hydrogens is 347 g/mol. The summed E-state index contributed by atoms with van der Waals surface area (Å²) in [6.07, 6.45) is 4.47. The molecule has 1 saturated heterocycles. The van der Waals surface area contributed by atoms with Gasteiger partial charge in [0.05, 0.1) is 12.7 Å². The van der Waals surface area contributed by atoms with E-state index in [4.69, 9.17) is 4.74 Å². The molecule has 0 amide bonds. The number of ether oxygens (including phenoxy) is 1. The Morgan fingerprint density at radius 3 is 3.06 bits per heavy atom. The van der Waals surface area contributed by atoms with Gasteiger partial charge in [-0.15, -0.1) is 0 Å². The summed E-state index contributed by atoms with van der Waals surface area (Å²) in [4.78, 5) is 11.3. The van der Waals surface area contributed by atoms with Gasteiger partial charge in [-0.3, -0.25) is 0 Å². The van der Waals surface area contributed by atoms with Gasteiger partial charge >= 0.3 is 5.97 Å². The first-order chi connectivity index (χ1) is 8.52. The largest absolute Gasteiger partial charge is 0.479 e. The van der Waals surface area contributed by atoms with Crippen LogP contribution in [0.15, 0.2) is 11.6 Å². The molecule has 1 aliphatic heterocycles. The van der Waals surface area contributed by atoms with Gasteiger partial charge in [0.2, 0.25) is 0 Å². The zero-order valence-electron chi connectivity index (χ0n) is 10.1. The number of alkyl halides is 1. The van der Waals surface area contributed by atoms with Crippen LogP contribution in [0.25, 0.3) is 0 Å². The molecular formula is C13H17IO4. The van der Waals surface area contributed by atoms with Crippen LogP contribution in [0.5, 0.6) is 0 Å². The van der Waals surface area contributed by atoms with Crippen LogP contribution in [0.1, 0.15) is 25.7 Å². The van der Waals surface area contributed by atoms with Crippen LogP contribution in [0.4, 0.5) is 0 Å². The lowest BCUT2D eigenvalue weighted by molar-refractivity contribution is -0.174. The number of carbonyl (C=O) groups is 1. The Bertz CT molecular complexity index is 421. The minimum Gasteiger partial charge on any atom is -0.479 e. The van der Waals surface area contributed by atoms with Crippen molar-refractivity contribution in [3.05, 3.63) is 11.6 Å². The Labute approximate surface area is 120 Å². The summed E-state index contributed by atoms with van der Waals surface area (Å²) >= 11 is 2.36. The number of fused-ring (bicyclic) bond motifs is 1. The predicted molar refractivity (Wildman–Crippen MR) is 73.7 cm³/mol. The molecule has 3 aliphatic rings. The number of halogens is 1. The van der Waals surface area contributed by atoms with Gasteiger partial charge in [-0.25, -0.2) is 4.79 Å². The topological polar surface area (TPSA) is 66.8 Å². The molecule has 2 aliphatic carbocycles. The Morgan fingerprint density at radius 2 is 2.39 bits per heavy atom. The number of hydrogen-bond donors (Lipinski definition) is 2. The van der Waals surface area contributed by atoms with Crippen molar-refractivity contribution < 1.29 is 19.7 Å². The number of rotatable bonds is 2. The summed E-state index contributed by atoms with van der Waals surface area (Å²) in [6, 6.07) is 0. The fourth-order valence-corrected chi connectivity index (χ4v) is 4.71. The molecule has 1 heterocycles. The summed E-state index contributed by atoms with van der Waals surface area (Å²) in [5.74, 6) is -0.739. The lowest BCUT2D eigenvalue weighted by Gasteiger charge is -2.32. The predicted octanol–water partition coefficient (Wildman–Crippen LogP) is 1.75. The van der Waals surface area contributed by atoms with Crippen molar-refractivity contribution in [3.8, 4) is 0 Å². The van der Waals surface area contributed by atoms with Crippen molar-refractivity contribution in [2.45, 2.75) is 37.4 Å². The number of aliphatic hydroxyl groups is 1. The van der Waals surface area contributed by atoms with E-state index in [2.05, 4.69) is 28.7 Å². The first-order valence-corrected chi connectivity index (χ1v) is 7.87. The normalized spacial score (nSPS) is 46.4. The maximum Gasteiger partial charge on any atom is 0.338 e. The van der Waals surface area contributed by atoms with Gasteiger partial charge in [0.1, 0.15) is 0 Å². The van der Waals surface area contributed by atoms with Crippen LogP contribution >= 0.6 is 22.6 Å². The second-order valence-electron chi connectivity index (χ2n) is 5.80. The van der Waals surface area contributed by atoms with Crippen molar-refractivity contribution in [3.63, 3.8) is 0 Å². The Hall–Kier alpha value is -0.140. The van der Waals surface area contributed by atoms with Crippen molar-refractivity contribution in [1.82, 2.24) is 0 Å². The van der Waals surface area contributed by atoms with E-state index in [-0.39, 0.29) is 5.41 Å². The molecule has 0 unspecified atom stereocenters. The highest BCUT2D eigenvalue weighted by molar-refractivity contribution is 14.1. The molecule has 0 aromatic carbocycles. The molecule has 0 aromatic rings. The van der Waals surface area contributed by atoms with Gasteiger partial charge in [0.15, 0.2) is 5.60 Å². The fourth-order valence-electron chi connectivity index (χ4n) is 3.87. The van der Waals surface area contributed by atoms with Gasteiger partial charge in [0.25, 0.3) is 0 Å². The van der Waals surface area contributed by atoms with Gasteiger partial charge in [-0.1, -0.05) is 34.2 Å². The summed E-state index contributed by atoms with van der Waals surface area (Å²) in [6.45, 7) is 0.592. The van der Waals surface area contributed by atoms with Crippen LogP contribution in [0, 0.1) is 11.3 Å². The van der Waals surface area contributed by atoms with E-state index in [1.165, 1.54) is 5.57 Å². The van der Waals surface area contributed by atoms with Crippen LogP contribution < -0.4 is 0 Å². The number of carboxylic acid groups (broad SMARTS) is 1. The van der Waals surface area contributed by atoms with Crippen molar-refractivity contribution in [1.29, 1.82) is 0 Å². The van der Waals surface area contributed by atoms with E-state index >= 15 is 0 Å².